The zero-order valence-corrected chi connectivity index (χ0v) is 6.98. The van der Waals surface area contributed by atoms with Crippen LogP contribution in [0, 0.1) is 6.92 Å². The van der Waals surface area contributed by atoms with E-state index in [1.165, 1.54) is 0 Å². The average molecular weight is 163 g/mol. The maximum absolute atomic E-state index is 5.10. The van der Waals surface area contributed by atoms with Crippen LogP contribution in [-0.2, 0) is 7.05 Å². The van der Waals surface area contributed by atoms with E-state index in [1.807, 2.05) is 20.0 Å². The Balaban J connectivity index is 2.48. The first-order valence-electron chi connectivity index (χ1n) is 3.68. The predicted octanol–water partition coefficient (Wildman–Crippen LogP) is 1.38. The van der Waals surface area contributed by atoms with Gasteiger partial charge >= 0.3 is 0 Å². The van der Waals surface area contributed by atoms with Gasteiger partial charge in [-0.3, -0.25) is 4.68 Å². The van der Waals surface area contributed by atoms with Gasteiger partial charge in [0.2, 0.25) is 5.89 Å². The third kappa shape index (κ3) is 1.01. The topological polar surface area (TPSA) is 43.9 Å². The van der Waals surface area contributed by atoms with Gasteiger partial charge < -0.3 is 4.42 Å². The third-order valence-electron chi connectivity index (χ3n) is 1.77. The molecule has 0 aliphatic heterocycles. The molecular weight excluding hydrogens is 154 g/mol. The highest BCUT2D eigenvalue weighted by molar-refractivity contribution is 5.46. The van der Waals surface area contributed by atoms with Crippen LogP contribution in [0.2, 0.25) is 0 Å². The molecule has 4 nitrogen and oxygen atoms in total. The lowest BCUT2D eigenvalue weighted by molar-refractivity contribution is 0.569. The van der Waals surface area contributed by atoms with Crippen LogP contribution in [-0.4, -0.2) is 14.8 Å². The molecule has 0 spiro atoms. The molecule has 0 aliphatic carbocycles. The van der Waals surface area contributed by atoms with Gasteiger partial charge in [-0.15, -0.1) is 0 Å². The number of nitrogens with zero attached hydrogens (tertiary/aromatic N) is 3. The fourth-order valence-electron chi connectivity index (χ4n) is 1.02. The number of hydrogen-bond acceptors (Lipinski definition) is 3. The molecule has 0 saturated carbocycles. The maximum atomic E-state index is 5.10. The first-order valence-corrected chi connectivity index (χ1v) is 3.68. The number of hydrogen-bond donors (Lipinski definition) is 0. The molecule has 2 aromatic heterocycles. The molecule has 0 atom stereocenters. The van der Waals surface area contributed by atoms with Crippen LogP contribution in [0.25, 0.3) is 11.6 Å². The summed E-state index contributed by atoms with van der Waals surface area (Å²) in [5.74, 6) is 0.568. The van der Waals surface area contributed by atoms with Crippen LogP contribution in [0.5, 0.6) is 0 Å². The molecule has 0 unspecified atom stereocenters. The van der Waals surface area contributed by atoms with E-state index in [0.29, 0.717) is 5.89 Å². The Labute approximate surface area is 69.8 Å². The van der Waals surface area contributed by atoms with Gasteiger partial charge in [0.15, 0.2) is 0 Å². The molecule has 2 rings (SSSR count). The van der Waals surface area contributed by atoms with E-state index in [1.54, 1.807) is 17.1 Å². The van der Waals surface area contributed by atoms with E-state index < -0.39 is 0 Å². The van der Waals surface area contributed by atoms with Gasteiger partial charge in [0, 0.05) is 12.7 Å². The molecule has 2 heterocycles. The van der Waals surface area contributed by atoms with E-state index in [2.05, 4.69) is 10.1 Å². The van der Waals surface area contributed by atoms with Gasteiger partial charge in [0.05, 0.1) is 6.20 Å². The van der Waals surface area contributed by atoms with Crippen molar-refractivity contribution in [1.29, 1.82) is 0 Å². The quantitative estimate of drug-likeness (QED) is 0.638. The standard InChI is InChI=1S/C8H9N3O/c1-6-5-7(10-11(6)2)8-9-3-4-12-8/h3-5H,1-2H3. The monoisotopic (exact) mass is 163 g/mol. The minimum Gasteiger partial charge on any atom is -0.443 e. The van der Waals surface area contributed by atoms with Gasteiger partial charge in [-0.25, -0.2) is 4.98 Å². The molecule has 0 N–H and O–H groups in total. The van der Waals surface area contributed by atoms with E-state index in [4.69, 9.17) is 4.42 Å². The number of aromatic nitrogens is 3. The normalized spacial score (nSPS) is 10.5. The lowest BCUT2D eigenvalue weighted by Gasteiger charge is -1.88. The minimum absolute atomic E-state index is 0.568. The number of aryl methyl sites for hydroxylation is 2. The smallest absolute Gasteiger partial charge is 0.246 e. The minimum atomic E-state index is 0.568. The Morgan fingerprint density at radius 2 is 2.33 bits per heavy atom. The van der Waals surface area contributed by atoms with Gasteiger partial charge in [0.1, 0.15) is 12.0 Å². The summed E-state index contributed by atoms with van der Waals surface area (Å²) >= 11 is 0. The highest BCUT2D eigenvalue weighted by Crippen LogP contribution is 2.15. The highest BCUT2D eigenvalue weighted by Gasteiger charge is 2.06. The first kappa shape index (κ1) is 7.09. The number of rotatable bonds is 1. The van der Waals surface area contributed by atoms with Gasteiger partial charge in [-0.1, -0.05) is 0 Å². The summed E-state index contributed by atoms with van der Waals surface area (Å²) in [5.41, 5.74) is 1.86. The molecule has 0 aromatic carbocycles. The molecule has 0 aliphatic rings. The summed E-state index contributed by atoms with van der Waals surface area (Å²) in [6, 6.07) is 1.94. The van der Waals surface area contributed by atoms with Crippen molar-refractivity contribution in [3.05, 3.63) is 24.2 Å². The fraction of sp³-hybridized carbons (Fsp3) is 0.250. The van der Waals surface area contributed by atoms with E-state index >= 15 is 0 Å². The summed E-state index contributed by atoms with van der Waals surface area (Å²) in [6.45, 7) is 1.99. The van der Waals surface area contributed by atoms with Crippen molar-refractivity contribution in [1.82, 2.24) is 14.8 Å². The maximum Gasteiger partial charge on any atom is 0.246 e. The van der Waals surface area contributed by atoms with Crippen molar-refractivity contribution in [3.8, 4) is 11.6 Å². The van der Waals surface area contributed by atoms with Crippen molar-refractivity contribution < 1.29 is 4.42 Å². The Kier molecular flexibility index (Phi) is 1.46. The SMILES string of the molecule is Cc1cc(-c2ncco2)nn1C. The van der Waals surface area contributed by atoms with Crippen LogP contribution < -0.4 is 0 Å². The van der Waals surface area contributed by atoms with E-state index in [9.17, 15) is 0 Å². The van der Waals surface area contributed by atoms with Gasteiger partial charge in [0.25, 0.3) is 0 Å². The molecule has 0 bridgehead atoms. The van der Waals surface area contributed by atoms with Crippen molar-refractivity contribution in [2.24, 2.45) is 7.05 Å². The third-order valence-corrected chi connectivity index (χ3v) is 1.77. The van der Waals surface area contributed by atoms with Gasteiger partial charge in [-0.2, -0.15) is 5.10 Å². The zero-order chi connectivity index (χ0) is 8.55. The molecule has 62 valence electrons. The second-order valence-electron chi connectivity index (χ2n) is 2.63. The molecule has 2 aromatic rings. The Morgan fingerprint density at radius 1 is 1.50 bits per heavy atom. The van der Waals surface area contributed by atoms with Crippen LogP contribution in [0.4, 0.5) is 0 Å². The zero-order valence-electron chi connectivity index (χ0n) is 6.98. The molecule has 0 radical (unpaired) electrons. The highest BCUT2D eigenvalue weighted by atomic mass is 16.3. The second kappa shape index (κ2) is 2.48. The molecular formula is C8H9N3O. The summed E-state index contributed by atoms with van der Waals surface area (Å²) in [4.78, 5) is 4.00. The first-order chi connectivity index (χ1) is 5.77. The molecule has 12 heavy (non-hydrogen) atoms. The van der Waals surface area contributed by atoms with Crippen LogP contribution in [0.1, 0.15) is 5.69 Å². The summed E-state index contributed by atoms with van der Waals surface area (Å²) < 4.78 is 6.89. The Morgan fingerprint density at radius 3 is 2.83 bits per heavy atom. The molecule has 0 fully saturated rings. The second-order valence-corrected chi connectivity index (χ2v) is 2.63. The van der Waals surface area contributed by atoms with E-state index in [-0.39, 0.29) is 0 Å². The fourth-order valence-corrected chi connectivity index (χ4v) is 1.02. The van der Waals surface area contributed by atoms with Crippen LogP contribution in [0.3, 0.4) is 0 Å². The molecule has 0 amide bonds. The molecule has 0 saturated heterocycles. The summed E-state index contributed by atoms with van der Waals surface area (Å²) in [7, 11) is 1.89. The van der Waals surface area contributed by atoms with E-state index in [0.717, 1.165) is 11.4 Å². The Bertz CT molecular complexity index is 355. The van der Waals surface area contributed by atoms with Crippen LogP contribution >= 0.6 is 0 Å². The van der Waals surface area contributed by atoms with Crippen LogP contribution in [0.15, 0.2) is 22.9 Å². The Hall–Kier alpha value is -1.58. The van der Waals surface area contributed by atoms with Crippen molar-refractivity contribution in [2.75, 3.05) is 0 Å². The number of oxazole rings is 1. The average Bonchev–Trinajstić information content (AvgIpc) is 2.61. The van der Waals surface area contributed by atoms with Crippen molar-refractivity contribution in [2.45, 2.75) is 6.92 Å². The van der Waals surface area contributed by atoms with Crippen molar-refractivity contribution in [3.63, 3.8) is 0 Å². The lowest BCUT2D eigenvalue weighted by atomic mass is 10.4. The summed E-state index contributed by atoms with van der Waals surface area (Å²) in [6.07, 6.45) is 3.15. The summed E-state index contributed by atoms with van der Waals surface area (Å²) in [5, 5.41) is 4.21. The lowest BCUT2D eigenvalue weighted by Crippen LogP contribution is -1.92. The van der Waals surface area contributed by atoms with Gasteiger partial charge in [-0.05, 0) is 13.0 Å². The van der Waals surface area contributed by atoms with Crippen molar-refractivity contribution >= 4 is 0 Å². The largest absolute Gasteiger partial charge is 0.443 e. The predicted molar refractivity (Wildman–Crippen MR) is 43.4 cm³/mol. The molecule has 4 heteroatoms.